The number of guanidine groups is 1. The van der Waals surface area contributed by atoms with Crippen LogP contribution >= 0.6 is 11.3 Å². The van der Waals surface area contributed by atoms with Gasteiger partial charge in [-0.25, -0.2) is 9.98 Å². The molecule has 0 unspecified atom stereocenters. The fraction of sp³-hybridized carbons (Fsp3) is 0.412. The number of ether oxygens (including phenoxy) is 1. The fourth-order valence-corrected chi connectivity index (χ4v) is 2.80. The van der Waals surface area contributed by atoms with E-state index in [1.54, 1.807) is 24.6 Å². The van der Waals surface area contributed by atoms with E-state index in [1.807, 2.05) is 12.1 Å². The molecule has 6 heteroatoms. The van der Waals surface area contributed by atoms with Crippen LogP contribution in [-0.2, 0) is 13.0 Å². The molecule has 0 aliphatic heterocycles. The van der Waals surface area contributed by atoms with Gasteiger partial charge >= 0.3 is 0 Å². The molecule has 1 N–H and O–H groups in total. The third kappa shape index (κ3) is 5.56. The fourth-order valence-electron chi connectivity index (χ4n) is 2.10. The lowest BCUT2D eigenvalue weighted by Gasteiger charge is -2.21. The van der Waals surface area contributed by atoms with Gasteiger partial charge in [-0.1, -0.05) is 12.1 Å². The van der Waals surface area contributed by atoms with Crippen molar-refractivity contribution in [3.63, 3.8) is 0 Å². The van der Waals surface area contributed by atoms with Crippen LogP contribution in [0.2, 0.25) is 0 Å². The van der Waals surface area contributed by atoms with Gasteiger partial charge in [0.2, 0.25) is 5.88 Å². The van der Waals surface area contributed by atoms with E-state index in [1.165, 1.54) is 4.88 Å². The number of likely N-dealkylation sites (N-methyl/N-ethyl adjacent to an activating group) is 1. The van der Waals surface area contributed by atoms with Crippen LogP contribution in [0.15, 0.2) is 40.8 Å². The molecule has 124 valence electrons. The molecule has 0 saturated carbocycles. The Morgan fingerprint density at radius 2 is 2.26 bits per heavy atom. The monoisotopic (exact) mass is 332 g/mol. The van der Waals surface area contributed by atoms with E-state index in [9.17, 15) is 0 Å². The zero-order valence-corrected chi connectivity index (χ0v) is 14.8. The number of nitrogens with one attached hydrogen (secondary N) is 1. The van der Waals surface area contributed by atoms with Crippen LogP contribution in [0.3, 0.4) is 0 Å². The summed E-state index contributed by atoms with van der Waals surface area (Å²) in [5, 5.41) is 5.46. The minimum Gasteiger partial charge on any atom is -0.481 e. The number of nitrogens with zero attached hydrogens (tertiary/aromatic N) is 3. The molecule has 2 aromatic heterocycles. The van der Waals surface area contributed by atoms with Gasteiger partial charge < -0.3 is 15.0 Å². The maximum atomic E-state index is 5.07. The highest BCUT2D eigenvalue weighted by molar-refractivity contribution is 7.09. The molecule has 0 atom stereocenters. The summed E-state index contributed by atoms with van der Waals surface area (Å²) >= 11 is 1.80. The van der Waals surface area contributed by atoms with Gasteiger partial charge in [0.05, 0.1) is 13.7 Å². The molecule has 0 radical (unpaired) electrons. The molecule has 0 aliphatic rings. The molecule has 0 amide bonds. The summed E-state index contributed by atoms with van der Waals surface area (Å²) in [6, 6.07) is 8.12. The van der Waals surface area contributed by atoms with Crippen LogP contribution in [0, 0.1) is 0 Å². The minimum atomic E-state index is 0.600. The summed E-state index contributed by atoms with van der Waals surface area (Å²) in [6.07, 6.45) is 2.83. The van der Waals surface area contributed by atoms with Gasteiger partial charge in [-0.2, -0.15) is 0 Å². The molecule has 5 nitrogen and oxygen atoms in total. The highest BCUT2D eigenvalue weighted by atomic mass is 32.1. The lowest BCUT2D eigenvalue weighted by Crippen LogP contribution is -2.39. The number of hydrogen-bond acceptors (Lipinski definition) is 4. The molecule has 0 aliphatic carbocycles. The minimum absolute atomic E-state index is 0.600. The zero-order chi connectivity index (χ0) is 16.5. The van der Waals surface area contributed by atoms with E-state index in [4.69, 9.17) is 9.73 Å². The molecule has 0 saturated heterocycles. The molecule has 2 heterocycles. The predicted octanol–water partition coefficient (Wildman–Crippen LogP) is 2.79. The number of pyridine rings is 1. The Labute approximate surface area is 142 Å². The molecular formula is C17H24N4OS. The van der Waals surface area contributed by atoms with Crippen molar-refractivity contribution in [2.75, 3.05) is 27.2 Å². The van der Waals surface area contributed by atoms with Crippen LogP contribution in [0.4, 0.5) is 0 Å². The topological polar surface area (TPSA) is 49.8 Å². The van der Waals surface area contributed by atoms with Crippen LogP contribution in [0.25, 0.3) is 0 Å². The zero-order valence-electron chi connectivity index (χ0n) is 14.0. The van der Waals surface area contributed by atoms with Crippen LogP contribution in [-0.4, -0.2) is 43.1 Å². The standard InChI is InChI=1S/C17H24N4OS/c1-4-18-17(21(2)10-9-15-6-5-11-23-15)20-13-14-7-8-16(22-3)19-12-14/h5-8,11-12H,4,9-10,13H2,1-3H3,(H,18,20). The van der Waals surface area contributed by atoms with Gasteiger partial charge in [0.15, 0.2) is 5.96 Å². The van der Waals surface area contributed by atoms with E-state index in [-0.39, 0.29) is 0 Å². The Morgan fingerprint density at radius 3 is 2.87 bits per heavy atom. The van der Waals surface area contributed by atoms with E-state index in [0.717, 1.165) is 31.0 Å². The largest absolute Gasteiger partial charge is 0.481 e. The van der Waals surface area contributed by atoms with E-state index >= 15 is 0 Å². The number of aromatic nitrogens is 1. The first kappa shape index (κ1) is 17.3. The van der Waals surface area contributed by atoms with Crippen molar-refractivity contribution in [3.05, 3.63) is 46.3 Å². The van der Waals surface area contributed by atoms with E-state index < -0.39 is 0 Å². The lowest BCUT2D eigenvalue weighted by molar-refractivity contribution is 0.397. The highest BCUT2D eigenvalue weighted by Crippen LogP contribution is 2.10. The number of methoxy groups -OCH3 is 1. The van der Waals surface area contributed by atoms with E-state index in [2.05, 4.69) is 46.7 Å². The Kier molecular flexibility index (Phi) is 6.87. The highest BCUT2D eigenvalue weighted by Gasteiger charge is 2.06. The molecular weight excluding hydrogens is 308 g/mol. The first-order valence-electron chi connectivity index (χ1n) is 7.73. The van der Waals surface area contributed by atoms with Crippen molar-refractivity contribution in [1.29, 1.82) is 0 Å². The number of thiophene rings is 1. The predicted molar refractivity (Wildman–Crippen MR) is 96.3 cm³/mol. The SMILES string of the molecule is CCNC(=NCc1ccc(OC)nc1)N(C)CCc1cccs1. The van der Waals surface area contributed by atoms with Gasteiger partial charge in [0.1, 0.15) is 0 Å². The van der Waals surface area contributed by atoms with Crippen LogP contribution in [0.1, 0.15) is 17.4 Å². The molecule has 0 spiro atoms. The van der Waals surface area contributed by atoms with Crippen molar-refractivity contribution in [1.82, 2.24) is 15.2 Å². The maximum Gasteiger partial charge on any atom is 0.212 e. The molecule has 0 bridgehead atoms. The van der Waals surface area contributed by atoms with Gasteiger partial charge in [0.25, 0.3) is 0 Å². The summed E-state index contributed by atoms with van der Waals surface area (Å²) in [6.45, 7) is 4.47. The average molecular weight is 332 g/mol. The van der Waals surface area contributed by atoms with Crippen molar-refractivity contribution in [2.24, 2.45) is 4.99 Å². The number of hydrogen-bond donors (Lipinski definition) is 1. The third-order valence-corrected chi connectivity index (χ3v) is 4.32. The first-order valence-corrected chi connectivity index (χ1v) is 8.61. The van der Waals surface area contributed by atoms with E-state index in [0.29, 0.717) is 12.4 Å². The van der Waals surface area contributed by atoms with Crippen LogP contribution < -0.4 is 10.1 Å². The van der Waals surface area contributed by atoms with Gasteiger partial charge in [0, 0.05) is 37.3 Å². The van der Waals surface area contributed by atoms with Crippen molar-refractivity contribution in [3.8, 4) is 5.88 Å². The van der Waals surface area contributed by atoms with Crippen molar-refractivity contribution in [2.45, 2.75) is 19.9 Å². The number of aliphatic imine (C=N–C) groups is 1. The van der Waals surface area contributed by atoms with Crippen molar-refractivity contribution >= 4 is 17.3 Å². The Morgan fingerprint density at radius 1 is 1.39 bits per heavy atom. The Balaban J connectivity index is 1.94. The van der Waals surface area contributed by atoms with Crippen molar-refractivity contribution < 1.29 is 4.74 Å². The summed E-state index contributed by atoms with van der Waals surface area (Å²) in [5.41, 5.74) is 1.06. The Bertz CT molecular complexity index is 596. The lowest BCUT2D eigenvalue weighted by atomic mass is 10.3. The quantitative estimate of drug-likeness (QED) is 0.626. The second kappa shape index (κ2) is 9.15. The molecule has 2 rings (SSSR count). The summed E-state index contributed by atoms with van der Waals surface area (Å²) in [7, 11) is 3.69. The molecule has 2 aromatic rings. The van der Waals surface area contributed by atoms with Gasteiger partial charge in [-0.05, 0) is 30.4 Å². The Hall–Kier alpha value is -2.08. The molecule has 23 heavy (non-hydrogen) atoms. The first-order chi connectivity index (χ1) is 11.2. The third-order valence-electron chi connectivity index (χ3n) is 3.39. The number of rotatable bonds is 7. The normalized spacial score (nSPS) is 11.3. The second-order valence-electron chi connectivity index (χ2n) is 5.13. The van der Waals surface area contributed by atoms with Crippen LogP contribution in [0.5, 0.6) is 5.88 Å². The summed E-state index contributed by atoms with van der Waals surface area (Å²) < 4.78 is 5.07. The van der Waals surface area contributed by atoms with Gasteiger partial charge in [-0.3, -0.25) is 0 Å². The molecule has 0 fully saturated rings. The summed E-state index contributed by atoms with van der Waals surface area (Å²) in [4.78, 5) is 12.5. The smallest absolute Gasteiger partial charge is 0.212 e. The van der Waals surface area contributed by atoms with Gasteiger partial charge in [-0.15, -0.1) is 11.3 Å². The maximum absolute atomic E-state index is 5.07. The molecule has 0 aromatic carbocycles. The average Bonchev–Trinajstić information content (AvgIpc) is 3.10. The second-order valence-corrected chi connectivity index (χ2v) is 6.16. The summed E-state index contributed by atoms with van der Waals surface area (Å²) in [5.74, 6) is 1.54.